The molecule has 0 spiro atoms. The van der Waals surface area contributed by atoms with Crippen molar-refractivity contribution in [2.75, 3.05) is 67.7 Å². The van der Waals surface area contributed by atoms with Gasteiger partial charge in [0, 0.05) is 50.1 Å². The number of nitrogens with one attached hydrogen (secondary N) is 1. The normalized spacial score (nSPS) is 28.4. The molecule has 4 rings (SSSR count). The number of nitrogens with zero attached hydrogens (tertiary/aromatic N) is 4. The summed E-state index contributed by atoms with van der Waals surface area (Å²) < 4.78 is 5.54. The molecule has 0 aromatic carbocycles. The van der Waals surface area contributed by atoms with E-state index in [-0.39, 0.29) is 5.54 Å². The maximum absolute atomic E-state index is 5.54. The molecule has 1 N–H and O–H groups in total. The molecule has 24 heavy (non-hydrogen) atoms. The van der Waals surface area contributed by atoms with Crippen LogP contribution in [0.2, 0.25) is 0 Å². The van der Waals surface area contributed by atoms with Crippen molar-refractivity contribution in [1.82, 2.24) is 14.9 Å². The standard InChI is InChI=1S/C17H27N5OS/c1-2-5-21(4-1)16-11-15(19-14-20-16)18-12-17(3-10-24-13-17)22-6-8-23-9-7-22/h11,14H,1-10,12-13H2,(H,18,19,20). The average molecular weight is 350 g/mol. The van der Waals surface area contributed by atoms with E-state index in [4.69, 9.17) is 4.74 Å². The first kappa shape index (κ1) is 16.4. The number of ether oxygens (including phenoxy) is 1. The molecule has 1 atom stereocenters. The van der Waals surface area contributed by atoms with Crippen LogP contribution in [0.25, 0.3) is 0 Å². The van der Waals surface area contributed by atoms with Crippen molar-refractivity contribution in [3.8, 4) is 0 Å². The number of aromatic nitrogens is 2. The molecule has 0 saturated carbocycles. The third-order valence-electron chi connectivity index (χ3n) is 5.45. The zero-order chi connectivity index (χ0) is 16.2. The number of morpholine rings is 1. The van der Waals surface area contributed by atoms with E-state index < -0.39 is 0 Å². The lowest BCUT2D eigenvalue weighted by Gasteiger charge is -2.43. The molecule has 0 bridgehead atoms. The second-order valence-electron chi connectivity index (χ2n) is 6.94. The van der Waals surface area contributed by atoms with E-state index in [1.165, 1.54) is 30.8 Å². The summed E-state index contributed by atoms with van der Waals surface area (Å²) in [6.07, 6.45) is 5.48. The summed E-state index contributed by atoms with van der Waals surface area (Å²) in [5, 5.41) is 3.61. The van der Waals surface area contributed by atoms with Gasteiger partial charge in [0.1, 0.15) is 18.0 Å². The topological polar surface area (TPSA) is 53.5 Å². The molecule has 3 aliphatic heterocycles. The minimum Gasteiger partial charge on any atom is -0.379 e. The Hall–Kier alpha value is -1.05. The molecule has 3 saturated heterocycles. The second-order valence-corrected chi connectivity index (χ2v) is 8.04. The van der Waals surface area contributed by atoms with Gasteiger partial charge < -0.3 is 15.0 Å². The van der Waals surface area contributed by atoms with Gasteiger partial charge in [0.15, 0.2) is 0 Å². The first-order valence-corrected chi connectivity index (χ1v) is 10.2. The van der Waals surface area contributed by atoms with Crippen LogP contribution in [0.1, 0.15) is 19.3 Å². The molecule has 6 nitrogen and oxygen atoms in total. The predicted octanol–water partition coefficient (Wildman–Crippen LogP) is 1.70. The molecule has 7 heteroatoms. The summed E-state index contributed by atoms with van der Waals surface area (Å²) in [6, 6.07) is 2.11. The SMILES string of the molecule is c1nc(NCC2(N3CCOCC3)CCSC2)cc(N2CCCC2)n1. The van der Waals surface area contributed by atoms with Crippen LogP contribution in [0.4, 0.5) is 11.6 Å². The molecule has 4 heterocycles. The molecule has 0 aliphatic carbocycles. The van der Waals surface area contributed by atoms with Crippen LogP contribution in [0.15, 0.2) is 12.4 Å². The zero-order valence-corrected chi connectivity index (χ0v) is 15.1. The van der Waals surface area contributed by atoms with Gasteiger partial charge in [-0.15, -0.1) is 0 Å². The van der Waals surface area contributed by atoms with Crippen molar-refractivity contribution in [2.24, 2.45) is 0 Å². The Morgan fingerprint density at radius 1 is 1.17 bits per heavy atom. The van der Waals surface area contributed by atoms with Crippen molar-refractivity contribution in [1.29, 1.82) is 0 Å². The van der Waals surface area contributed by atoms with Crippen LogP contribution in [0.3, 0.4) is 0 Å². The van der Waals surface area contributed by atoms with E-state index in [0.717, 1.165) is 57.6 Å². The quantitative estimate of drug-likeness (QED) is 0.868. The summed E-state index contributed by atoms with van der Waals surface area (Å²) in [6.45, 7) is 7.00. The highest BCUT2D eigenvalue weighted by molar-refractivity contribution is 7.99. The molecule has 3 aliphatic rings. The molecule has 0 radical (unpaired) electrons. The van der Waals surface area contributed by atoms with E-state index in [2.05, 4.69) is 42.9 Å². The third kappa shape index (κ3) is 3.48. The Morgan fingerprint density at radius 3 is 2.75 bits per heavy atom. The van der Waals surface area contributed by atoms with Gasteiger partial charge in [-0.1, -0.05) is 0 Å². The van der Waals surface area contributed by atoms with Crippen molar-refractivity contribution in [2.45, 2.75) is 24.8 Å². The van der Waals surface area contributed by atoms with E-state index in [9.17, 15) is 0 Å². The maximum Gasteiger partial charge on any atom is 0.134 e. The van der Waals surface area contributed by atoms with E-state index >= 15 is 0 Å². The van der Waals surface area contributed by atoms with Gasteiger partial charge in [-0.25, -0.2) is 9.97 Å². The smallest absolute Gasteiger partial charge is 0.134 e. The molecule has 3 fully saturated rings. The number of hydrogen-bond donors (Lipinski definition) is 1. The van der Waals surface area contributed by atoms with Gasteiger partial charge in [0.05, 0.1) is 13.2 Å². The average Bonchev–Trinajstić information content (AvgIpc) is 3.34. The molecular formula is C17H27N5OS. The van der Waals surface area contributed by atoms with Gasteiger partial charge >= 0.3 is 0 Å². The molecule has 1 aromatic heterocycles. The minimum absolute atomic E-state index is 0.243. The Kier molecular flexibility index (Phi) is 5.10. The summed E-state index contributed by atoms with van der Waals surface area (Å²) >= 11 is 2.07. The Balaban J connectivity index is 1.43. The fourth-order valence-electron chi connectivity index (χ4n) is 3.95. The summed E-state index contributed by atoms with van der Waals surface area (Å²) in [5.41, 5.74) is 0.243. The highest BCUT2D eigenvalue weighted by Crippen LogP contribution is 2.34. The first-order chi connectivity index (χ1) is 11.9. The highest BCUT2D eigenvalue weighted by Gasteiger charge is 2.40. The Bertz CT molecular complexity index is 540. The van der Waals surface area contributed by atoms with Crippen molar-refractivity contribution < 1.29 is 4.74 Å². The van der Waals surface area contributed by atoms with Crippen molar-refractivity contribution >= 4 is 23.4 Å². The zero-order valence-electron chi connectivity index (χ0n) is 14.2. The van der Waals surface area contributed by atoms with Gasteiger partial charge in [-0.2, -0.15) is 11.8 Å². The monoisotopic (exact) mass is 349 g/mol. The van der Waals surface area contributed by atoms with Crippen LogP contribution in [0.5, 0.6) is 0 Å². The van der Waals surface area contributed by atoms with Crippen molar-refractivity contribution in [3.63, 3.8) is 0 Å². The van der Waals surface area contributed by atoms with Crippen LogP contribution in [-0.2, 0) is 4.74 Å². The Morgan fingerprint density at radius 2 is 2.00 bits per heavy atom. The van der Waals surface area contributed by atoms with Crippen LogP contribution in [0, 0.1) is 0 Å². The van der Waals surface area contributed by atoms with Gasteiger partial charge in [0.25, 0.3) is 0 Å². The van der Waals surface area contributed by atoms with E-state index in [0.29, 0.717) is 0 Å². The lowest BCUT2D eigenvalue weighted by atomic mass is 9.95. The molecule has 0 amide bonds. The van der Waals surface area contributed by atoms with Crippen molar-refractivity contribution in [3.05, 3.63) is 12.4 Å². The lowest BCUT2D eigenvalue weighted by Crippen LogP contribution is -2.57. The number of hydrogen-bond acceptors (Lipinski definition) is 7. The summed E-state index contributed by atoms with van der Waals surface area (Å²) in [5.74, 6) is 4.47. The highest BCUT2D eigenvalue weighted by atomic mass is 32.2. The van der Waals surface area contributed by atoms with E-state index in [1.54, 1.807) is 6.33 Å². The summed E-state index contributed by atoms with van der Waals surface area (Å²) in [4.78, 5) is 13.9. The fourth-order valence-corrected chi connectivity index (χ4v) is 5.43. The fraction of sp³-hybridized carbons (Fsp3) is 0.765. The largest absolute Gasteiger partial charge is 0.379 e. The van der Waals surface area contributed by atoms with Crippen LogP contribution >= 0.6 is 11.8 Å². The predicted molar refractivity (Wildman–Crippen MR) is 99.0 cm³/mol. The third-order valence-corrected chi connectivity index (χ3v) is 6.68. The molecule has 132 valence electrons. The summed E-state index contributed by atoms with van der Waals surface area (Å²) in [7, 11) is 0. The lowest BCUT2D eigenvalue weighted by molar-refractivity contribution is -0.00922. The first-order valence-electron chi connectivity index (χ1n) is 9.07. The van der Waals surface area contributed by atoms with Gasteiger partial charge in [-0.05, 0) is 25.0 Å². The number of rotatable bonds is 5. The molecule has 1 aromatic rings. The number of thioether (sulfide) groups is 1. The van der Waals surface area contributed by atoms with Crippen LogP contribution < -0.4 is 10.2 Å². The van der Waals surface area contributed by atoms with E-state index in [1.807, 2.05) is 0 Å². The second kappa shape index (κ2) is 7.45. The maximum atomic E-state index is 5.54. The molecule has 1 unspecified atom stereocenters. The minimum atomic E-state index is 0.243. The van der Waals surface area contributed by atoms with Crippen LogP contribution in [-0.4, -0.2) is 77.9 Å². The molecular weight excluding hydrogens is 322 g/mol. The van der Waals surface area contributed by atoms with Gasteiger partial charge in [-0.3, -0.25) is 4.90 Å². The number of anilines is 2. The Labute approximate surface area is 148 Å². The van der Waals surface area contributed by atoms with Gasteiger partial charge in [0.2, 0.25) is 0 Å².